The molecule has 1 atom stereocenters. The molecule has 8 heavy (non-hydrogen) atoms. The fourth-order valence-corrected chi connectivity index (χ4v) is 0.392. The molecule has 0 saturated carbocycles. The van der Waals surface area contributed by atoms with E-state index >= 15 is 0 Å². The molecule has 2 nitrogen and oxygen atoms in total. The van der Waals surface area contributed by atoms with Crippen LogP contribution in [0.3, 0.4) is 0 Å². The van der Waals surface area contributed by atoms with Crippen molar-refractivity contribution in [1.29, 1.82) is 0 Å². The zero-order chi connectivity index (χ0) is 6.57. The number of nitrogens with zero attached hydrogens (tertiary/aromatic N) is 1. The maximum Gasteiger partial charge on any atom is 0.136 e. The summed E-state index contributed by atoms with van der Waals surface area (Å²) in [6, 6.07) is 0.0694. The molecule has 0 saturated heterocycles. The Hall–Kier alpha value is -0.370. The lowest BCUT2D eigenvalue weighted by atomic mass is 10.3. The SMILES string of the molecule is CCN(C)C(C)C=O. The maximum absolute atomic E-state index is 10.1. The average molecular weight is 115 g/mol. The van der Waals surface area contributed by atoms with Gasteiger partial charge in [-0.1, -0.05) is 6.92 Å². The van der Waals surface area contributed by atoms with Gasteiger partial charge in [-0.3, -0.25) is 4.90 Å². The molecule has 0 aromatic rings. The first-order valence-electron chi connectivity index (χ1n) is 2.88. The van der Waals surface area contributed by atoms with E-state index in [1.165, 1.54) is 0 Å². The van der Waals surface area contributed by atoms with E-state index in [4.69, 9.17) is 0 Å². The van der Waals surface area contributed by atoms with Gasteiger partial charge in [0, 0.05) is 0 Å². The van der Waals surface area contributed by atoms with Crippen LogP contribution in [0.1, 0.15) is 13.8 Å². The summed E-state index contributed by atoms with van der Waals surface area (Å²) in [6.07, 6.45) is 0.948. The van der Waals surface area contributed by atoms with Crippen LogP contribution >= 0.6 is 0 Å². The summed E-state index contributed by atoms with van der Waals surface area (Å²) in [4.78, 5) is 12.0. The second kappa shape index (κ2) is 3.61. The molecule has 0 N–H and O–H groups in total. The van der Waals surface area contributed by atoms with Crippen LogP contribution in [0.2, 0.25) is 0 Å². The summed E-state index contributed by atoms with van der Waals surface area (Å²) in [7, 11) is 1.93. The van der Waals surface area contributed by atoms with Gasteiger partial charge >= 0.3 is 0 Å². The van der Waals surface area contributed by atoms with Gasteiger partial charge in [-0.15, -0.1) is 0 Å². The van der Waals surface area contributed by atoms with Gasteiger partial charge in [-0.25, -0.2) is 0 Å². The molecule has 0 aromatic carbocycles. The molecule has 0 radical (unpaired) electrons. The first kappa shape index (κ1) is 7.63. The van der Waals surface area contributed by atoms with Gasteiger partial charge in [0.15, 0.2) is 0 Å². The molecule has 0 rings (SSSR count). The van der Waals surface area contributed by atoms with E-state index in [2.05, 4.69) is 0 Å². The quantitative estimate of drug-likeness (QED) is 0.500. The molecule has 1 unspecified atom stereocenters. The summed E-state index contributed by atoms with van der Waals surface area (Å²) in [5.74, 6) is 0. The molecule has 0 spiro atoms. The van der Waals surface area contributed by atoms with Gasteiger partial charge in [0.1, 0.15) is 6.29 Å². The van der Waals surface area contributed by atoms with Gasteiger partial charge in [0.25, 0.3) is 0 Å². The summed E-state index contributed by atoms with van der Waals surface area (Å²) in [5, 5.41) is 0. The molecule has 0 amide bonds. The van der Waals surface area contributed by atoms with Gasteiger partial charge in [-0.05, 0) is 20.5 Å². The van der Waals surface area contributed by atoms with Crippen LogP contribution in [-0.2, 0) is 4.79 Å². The van der Waals surface area contributed by atoms with E-state index in [1.807, 2.05) is 25.8 Å². The molecule has 0 heterocycles. The Labute approximate surface area is 50.5 Å². The number of rotatable bonds is 3. The van der Waals surface area contributed by atoms with Gasteiger partial charge < -0.3 is 4.79 Å². The fraction of sp³-hybridized carbons (Fsp3) is 0.833. The van der Waals surface area contributed by atoms with Crippen LogP contribution < -0.4 is 0 Å². The predicted octanol–water partition coefficient (Wildman–Crippen LogP) is 0.526. The zero-order valence-corrected chi connectivity index (χ0v) is 5.72. The van der Waals surface area contributed by atoms with Gasteiger partial charge in [0.05, 0.1) is 6.04 Å². The highest BCUT2D eigenvalue weighted by molar-refractivity contribution is 5.56. The molecule has 0 aliphatic rings. The molecular formula is C6H13NO. The zero-order valence-electron chi connectivity index (χ0n) is 5.72. The lowest BCUT2D eigenvalue weighted by molar-refractivity contribution is -0.111. The summed E-state index contributed by atoms with van der Waals surface area (Å²) in [5.41, 5.74) is 0. The third-order valence-corrected chi connectivity index (χ3v) is 1.39. The van der Waals surface area contributed by atoms with Crippen molar-refractivity contribution in [3.63, 3.8) is 0 Å². The van der Waals surface area contributed by atoms with Crippen molar-refractivity contribution in [2.45, 2.75) is 19.9 Å². The molecule has 0 bridgehead atoms. The topological polar surface area (TPSA) is 20.3 Å². The maximum atomic E-state index is 10.1. The van der Waals surface area contributed by atoms with Crippen molar-refractivity contribution < 1.29 is 4.79 Å². The second-order valence-electron chi connectivity index (χ2n) is 1.95. The number of aldehydes is 1. The smallest absolute Gasteiger partial charge is 0.136 e. The van der Waals surface area contributed by atoms with E-state index in [0.717, 1.165) is 12.8 Å². The van der Waals surface area contributed by atoms with E-state index < -0.39 is 0 Å². The first-order valence-corrected chi connectivity index (χ1v) is 2.88. The van der Waals surface area contributed by atoms with Crippen LogP contribution in [0.4, 0.5) is 0 Å². The van der Waals surface area contributed by atoms with E-state index in [9.17, 15) is 4.79 Å². The van der Waals surface area contributed by atoms with E-state index in [0.29, 0.717) is 0 Å². The minimum absolute atomic E-state index is 0.0694. The minimum Gasteiger partial charge on any atom is -0.302 e. The standard InChI is InChI=1S/C6H13NO/c1-4-7(3)6(2)5-8/h5-6H,4H2,1-3H3. The Kier molecular flexibility index (Phi) is 3.44. The highest BCUT2D eigenvalue weighted by atomic mass is 16.1. The Balaban J connectivity index is 3.44. The van der Waals surface area contributed by atoms with Gasteiger partial charge in [0.2, 0.25) is 0 Å². The number of likely N-dealkylation sites (N-methyl/N-ethyl adjacent to an activating group) is 1. The molecule has 0 fully saturated rings. The Morgan fingerprint density at radius 2 is 2.25 bits per heavy atom. The summed E-state index contributed by atoms with van der Waals surface area (Å²) in [6.45, 7) is 4.84. The highest BCUT2D eigenvalue weighted by Crippen LogP contribution is 1.87. The third-order valence-electron chi connectivity index (χ3n) is 1.39. The van der Waals surface area contributed by atoms with Gasteiger partial charge in [-0.2, -0.15) is 0 Å². The van der Waals surface area contributed by atoms with Crippen LogP contribution in [-0.4, -0.2) is 30.8 Å². The number of hydrogen-bond acceptors (Lipinski definition) is 2. The predicted molar refractivity (Wildman–Crippen MR) is 33.8 cm³/mol. The molecule has 0 aliphatic heterocycles. The number of hydrogen-bond donors (Lipinski definition) is 0. The van der Waals surface area contributed by atoms with E-state index in [1.54, 1.807) is 0 Å². The lowest BCUT2D eigenvalue weighted by Crippen LogP contribution is -2.29. The molecule has 48 valence electrons. The first-order chi connectivity index (χ1) is 3.72. The fourth-order valence-electron chi connectivity index (χ4n) is 0.392. The van der Waals surface area contributed by atoms with Crippen molar-refractivity contribution in [2.24, 2.45) is 0 Å². The molecule has 0 aliphatic carbocycles. The normalized spacial score (nSPS) is 14.0. The number of carbonyl (C=O) groups is 1. The molecular weight excluding hydrogens is 102 g/mol. The number of carbonyl (C=O) groups excluding carboxylic acids is 1. The third kappa shape index (κ3) is 2.07. The Morgan fingerprint density at radius 1 is 1.75 bits per heavy atom. The summed E-state index contributed by atoms with van der Waals surface area (Å²) < 4.78 is 0. The van der Waals surface area contributed by atoms with Crippen molar-refractivity contribution in [2.75, 3.05) is 13.6 Å². The lowest BCUT2D eigenvalue weighted by Gasteiger charge is -2.16. The average Bonchev–Trinajstić information content (AvgIpc) is 1.84. The monoisotopic (exact) mass is 115 g/mol. The van der Waals surface area contributed by atoms with Crippen molar-refractivity contribution in [3.05, 3.63) is 0 Å². The Morgan fingerprint density at radius 3 is 2.38 bits per heavy atom. The van der Waals surface area contributed by atoms with Crippen molar-refractivity contribution in [3.8, 4) is 0 Å². The largest absolute Gasteiger partial charge is 0.302 e. The molecule has 2 heteroatoms. The van der Waals surface area contributed by atoms with Crippen LogP contribution in [0.15, 0.2) is 0 Å². The highest BCUT2D eigenvalue weighted by Gasteiger charge is 2.02. The van der Waals surface area contributed by atoms with Crippen LogP contribution in [0, 0.1) is 0 Å². The van der Waals surface area contributed by atoms with Crippen LogP contribution in [0.25, 0.3) is 0 Å². The van der Waals surface area contributed by atoms with Crippen molar-refractivity contribution >= 4 is 6.29 Å². The van der Waals surface area contributed by atoms with Crippen LogP contribution in [0.5, 0.6) is 0 Å². The summed E-state index contributed by atoms with van der Waals surface area (Å²) >= 11 is 0. The second-order valence-corrected chi connectivity index (χ2v) is 1.95. The van der Waals surface area contributed by atoms with E-state index in [-0.39, 0.29) is 6.04 Å². The minimum atomic E-state index is 0.0694. The molecule has 0 aromatic heterocycles. The van der Waals surface area contributed by atoms with Crippen molar-refractivity contribution in [1.82, 2.24) is 4.90 Å². The Bertz CT molecular complexity index is 72.9.